The molecule has 14 heavy (non-hydrogen) atoms. The van der Waals surface area contributed by atoms with Gasteiger partial charge in [-0.3, -0.25) is 4.79 Å². The van der Waals surface area contributed by atoms with Crippen molar-refractivity contribution in [1.82, 2.24) is 5.32 Å². The molecule has 0 spiro atoms. The van der Waals surface area contributed by atoms with E-state index in [1.54, 1.807) is 32.4 Å². The Morgan fingerprint density at radius 1 is 1.50 bits per heavy atom. The van der Waals surface area contributed by atoms with Crippen molar-refractivity contribution in [2.45, 2.75) is 0 Å². The Balaban J connectivity index is 3.16. The lowest BCUT2D eigenvalue weighted by Gasteiger charge is -2.05. The lowest BCUT2D eigenvalue weighted by molar-refractivity contribution is 0.0962. The van der Waals surface area contributed by atoms with Crippen molar-refractivity contribution in [1.29, 1.82) is 0 Å². The summed E-state index contributed by atoms with van der Waals surface area (Å²) in [5.74, 6) is 0.521. The second kappa shape index (κ2) is 4.46. The fourth-order valence-electron chi connectivity index (χ4n) is 1.13. The molecule has 1 amide bonds. The van der Waals surface area contributed by atoms with E-state index in [-0.39, 0.29) is 5.91 Å². The van der Waals surface area contributed by atoms with Crippen LogP contribution < -0.4 is 10.1 Å². The molecule has 0 saturated carbocycles. The topological polar surface area (TPSA) is 38.3 Å². The fourth-order valence-corrected chi connectivity index (χ4v) is 1.13. The minimum absolute atomic E-state index is 0.132. The van der Waals surface area contributed by atoms with Crippen molar-refractivity contribution in [3.05, 3.63) is 35.9 Å². The lowest BCUT2D eigenvalue weighted by atomic mass is 10.1. The third-order valence-corrected chi connectivity index (χ3v) is 1.89. The van der Waals surface area contributed by atoms with E-state index in [0.717, 1.165) is 5.56 Å². The molecular weight excluding hydrogens is 178 g/mol. The van der Waals surface area contributed by atoms with Crippen LogP contribution in [0.5, 0.6) is 5.75 Å². The normalized spacial score (nSPS) is 9.29. The average molecular weight is 191 g/mol. The smallest absolute Gasteiger partial charge is 0.251 e. The first-order chi connectivity index (χ1) is 6.71. The number of carbonyl (C=O) groups excluding carboxylic acids is 1. The number of rotatable bonds is 3. The Kier molecular flexibility index (Phi) is 3.29. The highest BCUT2D eigenvalue weighted by Crippen LogP contribution is 2.17. The lowest BCUT2D eigenvalue weighted by Crippen LogP contribution is -2.17. The number of methoxy groups -OCH3 is 1. The van der Waals surface area contributed by atoms with Gasteiger partial charge < -0.3 is 10.1 Å². The molecule has 0 fully saturated rings. The highest BCUT2D eigenvalue weighted by atomic mass is 16.5. The number of nitrogens with one attached hydrogen (secondary N) is 1. The molecule has 0 aliphatic heterocycles. The van der Waals surface area contributed by atoms with E-state index in [1.807, 2.05) is 6.07 Å². The third-order valence-electron chi connectivity index (χ3n) is 1.89. The van der Waals surface area contributed by atoms with Crippen LogP contribution in [0.1, 0.15) is 15.9 Å². The van der Waals surface area contributed by atoms with Gasteiger partial charge in [-0.25, -0.2) is 0 Å². The van der Waals surface area contributed by atoms with E-state index in [4.69, 9.17) is 4.74 Å². The Morgan fingerprint density at radius 3 is 2.71 bits per heavy atom. The molecule has 3 nitrogen and oxygen atoms in total. The Hall–Kier alpha value is -1.77. The first-order valence-corrected chi connectivity index (χ1v) is 4.25. The minimum Gasteiger partial charge on any atom is -0.497 e. The average Bonchev–Trinajstić information content (AvgIpc) is 2.27. The van der Waals surface area contributed by atoms with Gasteiger partial charge in [0.15, 0.2) is 0 Å². The Bertz CT molecular complexity index is 358. The van der Waals surface area contributed by atoms with E-state index in [9.17, 15) is 4.79 Å². The van der Waals surface area contributed by atoms with Gasteiger partial charge in [0.2, 0.25) is 0 Å². The van der Waals surface area contributed by atoms with Gasteiger partial charge in [0.1, 0.15) is 5.75 Å². The quantitative estimate of drug-likeness (QED) is 0.789. The summed E-state index contributed by atoms with van der Waals surface area (Å²) in [6, 6.07) is 5.26. The van der Waals surface area contributed by atoms with Gasteiger partial charge in [0.25, 0.3) is 5.91 Å². The number of hydrogen-bond donors (Lipinski definition) is 1. The molecule has 0 radical (unpaired) electrons. The summed E-state index contributed by atoms with van der Waals surface area (Å²) in [6.07, 6.45) is 1.68. The van der Waals surface area contributed by atoms with Gasteiger partial charge in [0.05, 0.1) is 7.11 Å². The molecule has 1 N–H and O–H groups in total. The standard InChI is InChI=1S/C11H13NO2/c1-4-8-5-9(11(13)12-2)7-10(6-8)14-3/h4-7H,1H2,2-3H3,(H,12,13). The van der Waals surface area contributed by atoms with Crippen LogP contribution in [-0.4, -0.2) is 20.1 Å². The van der Waals surface area contributed by atoms with E-state index >= 15 is 0 Å². The molecule has 1 aromatic carbocycles. The van der Waals surface area contributed by atoms with E-state index < -0.39 is 0 Å². The fraction of sp³-hybridized carbons (Fsp3) is 0.182. The Morgan fingerprint density at radius 2 is 2.21 bits per heavy atom. The SMILES string of the molecule is C=Cc1cc(OC)cc(C(=O)NC)c1. The summed E-state index contributed by atoms with van der Waals surface area (Å²) >= 11 is 0. The number of benzene rings is 1. The highest BCUT2D eigenvalue weighted by Gasteiger charge is 2.05. The maximum absolute atomic E-state index is 11.3. The minimum atomic E-state index is -0.132. The van der Waals surface area contributed by atoms with Crippen molar-refractivity contribution in [2.24, 2.45) is 0 Å². The molecule has 74 valence electrons. The van der Waals surface area contributed by atoms with Gasteiger partial charge >= 0.3 is 0 Å². The van der Waals surface area contributed by atoms with Crippen LogP contribution in [0.15, 0.2) is 24.8 Å². The maximum atomic E-state index is 11.3. The zero-order valence-corrected chi connectivity index (χ0v) is 8.33. The van der Waals surface area contributed by atoms with Gasteiger partial charge in [-0.1, -0.05) is 12.7 Å². The van der Waals surface area contributed by atoms with Gasteiger partial charge in [-0.2, -0.15) is 0 Å². The zero-order valence-electron chi connectivity index (χ0n) is 8.33. The van der Waals surface area contributed by atoms with Crippen LogP contribution in [0, 0.1) is 0 Å². The molecule has 0 bridgehead atoms. The molecule has 0 aliphatic rings. The van der Waals surface area contributed by atoms with E-state index in [0.29, 0.717) is 11.3 Å². The van der Waals surface area contributed by atoms with Crippen LogP contribution in [0.25, 0.3) is 6.08 Å². The second-order valence-corrected chi connectivity index (χ2v) is 2.78. The molecule has 0 aliphatic carbocycles. The first-order valence-electron chi connectivity index (χ1n) is 4.25. The summed E-state index contributed by atoms with van der Waals surface area (Å²) in [7, 11) is 3.16. The van der Waals surface area contributed by atoms with Crippen LogP contribution in [0.4, 0.5) is 0 Å². The van der Waals surface area contributed by atoms with Crippen LogP contribution >= 0.6 is 0 Å². The summed E-state index contributed by atoms with van der Waals surface area (Å²) < 4.78 is 5.06. The van der Waals surface area contributed by atoms with Crippen molar-refractivity contribution in [2.75, 3.05) is 14.2 Å². The first kappa shape index (κ1) is 10.3. The van der Waals surface area contributed by atoms with Gasteiger partial charge in [-0.05, 0) is 23.8 Å². The van der Waals surface area contributed by atoms with Crippen molar-refractivity contribution >= 4 is 12.0 Å². The molecule has 0 unspecified atom stereocenters. The molecule has 0 heterocycles. The summed E-state index contributed by atoms with van der Waals surface area (Å²) in [6.45, 7) is 3.65. The van der Waals surface area contributed by atoms with Gasteiger partial charge in [-0.15, -0.1) is 0 Å². The van der Waals surface area contributed by atoms with Crippen molar-refractivity contribution < 1.29 is 9.53 Å². The van der Waals surface area contributed by atoms with Crippen LogP contribution in [0.2, 0.25) is 0 Å². The van der Waals surface area contributed by atoms with Crippen molar-refractivity contribution in [3.8, 4) is 5.75 Å². The van der Waals surface area contributed by atoms with Gasteiger partial charge in [0, 0.05) is 12.6 Å². The summed E-state index contributed by atoms with van der Waals surface area (Å²) in [5, 5.41) is 2.56. The second-order valence-electron chi connectivity index (χ2n) is 2.78. The van der Waals surface area contributed by atoms with Crippen LogP contribution in [0.3, 0.4) is 0 Å². The third kappa shape index (κ3) is 2.13. The molecule has 0 atom stereocenters. The number of amides is 1. The van der Waals surface area contributed by atoms with E-state index in [1.165, 1.54) is 0 Å². The monoisotopic (exact) mass is 191 g/mol. The molecule has 1 aromatic rings. The van der Waals surface area contributed by atoms with E-state index in [2.05, 4.69) is 11.9 Å². The maximum Gasteiger partial charge on any atom is 0.251 e. The number of ether oxygens (including phenoxy) is 1. The Labute approximate surface area is 83.4 Å². The molecular formula is C11H13NO2. The molecule has 0 saturated heterocycles. The zero-order chi connectivity index (χ0) is 10.6. The predicted octanol–water partition coefficient (Wildman–Crippen LogP) is 1.70. The molecule has 3 heteroatoms. The summed E-state index contributed by atoms with van der Waals surface area (Å²) in [5.41, 5.74) is 1.43. The largest absolute Gasteiger partial charge is 0.497 e. The summed E-state index contributed by atoms with van der Waals surface area (Å²) in [4.78, 5) is 11.3. The number of hydrogen-bond acceptors (Lipinski definition) is 2. The number of carbonyl (C=O) groups is 1. The molecule has 0 aromatic heterocycles. The predicted molar refractivity (Wildman–Crippen MR) is 56.5 cm³/mol. The van der Waals surface area contributed by atoms with Crippen molar-refractivity contribution in [3.63, 3.8) is 0 Å². The van der Waals surface area contributed by atoms with Crippen LogP contribution in [-0.2, 0) is 0 Å². The molecule has 1 rings (SSSR count). The highest BCUT2D eigenvalue weighted by molar-refractivity contribution is 5.95.